The van der Waals surface area contributed by atoms with E-state index in [1.807, 2.05) is 36.5 Å². The maximum atomic E-state index is 13.4. The molecule has 198 valence electrons. The number of rotatable bonds is 9. The van der Waals surface area contributed by atoms with Crippen LogP contribution in [0.5, 0.6) is 5.75 Å². The van der Waals surface area contributed by atoms with E-state index in [2.05, 4.69) is 59.0 Å². The zero-order chi connectivity index (χ0) is 26.5. The van der Waals surface area contributed by atoms with Gasteiger partial charge in [-0.3, -0.25) is 4.79 Å². The molecule has 3 N–H and O–H groups in total. The Morgan fingerprint density at radius 3 is 2.37 bits per heavy atom. The van der Waals surface area contributed by atoms with Gasteiger partial charge in [0.2, 0.25) is 5.95 Å². The molecule has 2 heterocycles. The van der Waals surface area contributed by atoms with Crippen molar-refractivity contribution >= 4 is 29.3 Å². The number of carbonyl (C=O) groups is 1. The lowest BCUT2D eigenvalue weighted by Gasteiger charge is -2.24. The molecule has 0 bridgehead atoms. The Hall–Kier alpha value is -3.71. The van der Waals surface area contributed by atoms with Gasteiger partial charge in [0.15, 0.2) is 0 Å². The van der Waals surface area contributed by atoms with Gasteiger partial charge in [-0.05, 0) is 85.8 Å². The lowest BCUT2D eigenvalue weighted by atomic mass is 9.82. The molecule has 1 aliphatic heterocycles. The molecule has 2 aliphatic rings. The number of methoxy groups -OCH3 is 1. The van der Waals surface area contributed by atoms with Gasteiger partial charge in [0, 0.05) is 34.6 Å². The number of piperidine rings is 1. The van der Waals surface area contributed by atoms with E-state index >= 15 is 0 Å². The van der Waals surface area contributed by atoms with E-state index in [0.717, 1.165) is 59.9 Å². The maximum absolute atomic E-state index is 13.4. The highest BCUT2D eigenvalue weighted by atomic mass is 16.5. The fourth-order valence-electron chi connectivity index (χ4n) is 5.67. The number of amides is 1. The van der Waals surface area contributed by atoms with Crippen LogP contribution in [0.3, 0.4) is 0 Å². The summed E-state index contributed by atoms with van der Waals surface area (Å²) in [6, 6.07) is 16.0. The van der Waals surface area contributed by atoms with E-state index in [-0.39, 0.29) is 11.8 Å². The summed E-state index contributed by atoms with van der Waals surface area (Å²) in [7, 11) is 1.63. The van der Waals surface area contributed by atoms with Crippen molar-refractivity contribution in [1.82, 2.24) is 15.3 Å². The smallest absolute Gasteiger partial charge is 0.252 e. The lowest BCUT2D eigenvalue weighted by molar-refractivity contribution is -0.113. The first-order valence-corrected chi connectivity index (χ1v) is 13.7. The average Bonchev–Trinajstić information content (AvgIpc) is 3.34. The van der Waals surface area contributed by atoms with Crippen molar-refractivity contribution in [2.75, 3.05) is 30.8 Å². The fraction of sp³-hybridized carbons (Fsp3) is 0.387. The Bertz CT molecular complexity index is 1280. The predicted octanol–water partition coefficient (Wildman–Crippen LogP) is 6.25. The second-order valence-electron chi connectivity index (χ2n) is 10.1. The molecule has 7 nitrogen and oxygen atoms in total. The summed E-state index contributed by atoms with van der Waals surface area (Å²) < 4.78 is 5.23. The Morgan fingerprint density at radius 1 is 1.03 bits per heavy atom. The minimum Gasteiger partial charge on any atom is -0.497 e. The first-order chi connectivity index (χ1) is 18.6. The molecule has 1 unspecified atom stereocenters. The molecule has 2 aromatic carbocycles. The molecule has 0 spiro atoms. The number of carbonyl (C=O) groups excluding carboxylic acids is 1. The van der Waals surface area contributed by atoms with E-state index in [1.54, 1.807) is 7.11 Å². The minimum atomic E-state index is -0.104. The van der Waals surface area contributed by atoms with Gasteiger partial charge >= 0.3 is 0 Å². The van der Waals surface area contributed by atoms with Gasteiger partial charge in [0.1, 0.15) is 5.75 Å². The first-order valence-electron chi connectivity index (χ1n) is 13.7. The quantitative estimate of drug-likeness (QED) is 0.315. The summed E-state index contributed by atoms with van der Waals surface area (Å²) in [5.41, 5.74) is 5.65. The molecule has 0 radical (unpaired) electrons. The summed E-state index contributed by atoms with van der Waals surface area (Å²) >= 11 is 0. The Morgan fingerprint density at radius 2 is 1.71 bits per heavy atom. The topological polar surface area (TPSA) is 88.2 Å². The molecule has 5 rings (SSSR count). The second kappa shape index (κ2) is 11.8. The van der Waals surface area contributed by atoms with Crippen LogP contribution in [0.4, 0.5) is 17.3 Å². The van der Waals surface area contributed by atoms with Gasteiger partial charge in [-0.2, -0.15) is 0 Å². The van der Waals surface area contributed by atoms with Crippen molar-refractivity contribution in [1.29, 1.82) is 0 Å². The summed E-state index contributed by atoms with van der Waals surface area (Å²) in [5, 5.41) is 9.88. The molecular weight excluding hydrogens is 474 g/mol. The lowest BCUT2D eigenvalue weighted by Crippen LogP contribution is -2.26. The third-order valence-corrected chi connectivity index (χ3v) is 7.90. The van der Waals surface area contributed by atoms with Crippen LogP contribution in [0, 0.1) is 5.92 Å². The Kier molecular flexibility index (Phi) is 8.03. The van der Waals surface area contributed by atoms with E-state index < -0.39 is 0 Å². The zero-order valence-corrected chi connectivity index (χ0v) is 22.5. The first kappa shape index (κ1) is 25.9. The minimum absolute atomic E-state index is 0.0796. The van der Waals surface area contributed by atoms with Crippen molar-refractivity contribution in [3.8, 4) is 5.75 Å². The van der Waals surface area contributed by atoms with Crippen molar-refractivity contribution in [2.24, 2.45) is 5.92 Å². The third kappa shape index (κ3) is 5.58. The molecule has 38 heavy (non-hydrogen) atoms. The number of aromatic nitrogens is 2. The maximum Gasteiger partial charge on any atom is 0.252 e. The van der Waals surface area contributed by atoms with Crippen LogP contribution in [0.25, 0.3) is 6.08 Å². The van der Waals surface area contributed by atoms with E-state index in [9.17, 15) is 4.79 Å². The number of hydrogen-bond donors (Lipinski definition) is 3. The molecule has 3 aromatic rings. The number of fused-ring (bicyclic) bond motifs is 1. The van der Waals surface area contributed by atoms with E-state index in [1.165, 1.54) is 18.4 Å². The zero-order valence-electron chi connectivity index (χ0n) is 22.5. The number of nitrogens with zero attached hydrogens (tertiary/aromatic N) is 2. The van der Waals surface area contributed by atoms with Crippen LogP contribution < -0.4 is 20.7 Å². The Balaban J connectivity index is 1.34. The van der Waals surface area contributed by atoms with Crippen LogP contribution in [0.2, 0.25) is 0 Å². The summed E-state index contributed by atoms with van der Waals surface area (Å²) in [4.78, 5) is 23.0. The van der Waals surface area contributed by atoms with Crippen LogP contribution in [0.15, 0.2) is 60.3 Å². The van der Waals surface area contributed by atoms with Crippen molar-refractivity contribution in [3.63, 3.8) is 0 Å². The number of hydrogen-bond acceptors (Lipinski definition) is 6. The molecule has 1 aliphatic carbocycles. The van der Waals surface area contributed by atoms with E-state index in [4.69, 9.17) is 9.72 Å². The van der Waals surface area contributed by atoms with Gasteiger partial charge in [-0.1, -0.05) is 38.8 Å². The van der Waals surface area contributed by atoms with Crippen LogP contribution >= 0.6 is 0 Å². The van der Waals surface area contributed by atoms with Gasteiger partial charge in [0.05, 0.1) is 12.8 Å². The molecule has 1 fully saturated rings. The fourth-order valence-corrected chi connectivity index (χ4v) is 5.67. The highest BCUT2D eigenvalue weighted by molar-refractivity contribution is 6.09. The highest BCUT2D eigenvalue weighted by Gasteiger charge is 2.36. The van der Waals surface area contributed by atoms with Crippen molar-refractivity contribution in [2.45, 2.75) is 51.4 Å². The summed E-state index contributed by atoms with van der Waals surface area (Å²) in [6.45, 7) is 6.52. The highest BCUT2D eigenvalue weighted by Crippen LogP contribution is 2.43. The Labute approximate surface area is 225 Å². The predicted molar refractivity (Wildman–Crippen MR) is 153 cm³/mol. The van der Waals surface area contributed by atoms with Crippen molar-refractivity contribution < 1.29 is 9.53 Å². The van der Waals surface area contributed by atoms with Gasteiger partial charge in [-0.25, -0.2) is 9.97 Å². The number of nitrogens with one attached hydrogen (secondary N) is 3. The second-order valence-corrected chi connectivity index (χ2v) is 10.1. The molecule has 7 heteroatoms. The molecular formula is C31H37N5O2. The van der Waals surface area contributed by atoms with Gasteiger partial charge in [0.25, 0.3) is 5.91 Å². The summed E-state index contributed by atoms with van der Waals surface area (Å²) in [6.07, 6.45) is 8.06. The van der Waals surface area contributed by atoms with Gasteiger partial charge in [-0.15, -0.1) is 0 Å². The van der Waals surface area contributed by atoms with Crippen molar-refractivity contribution in [3.05, 3.63) is 77.1 Å². The molecule has 1 amide bonds. The number of benzene rings is 2. The van der Waals surface area contributed by atoms with Crippen LogP contribution in [-0.4, -0.2) is 36.1 Å². The monoisotopic (exact) mass is 511 g/mol. The molecule has 1 saturated heterocycles. The molecule has 1 atom stereocenters. The average molecular weight is 512 g/mol. The van der Waals surface area contributed by atoms with Gasteiger partial charge < -0.3 is 20.7 Å². The van der Waals surface area contributed by atoms with Crippen LogP contribution in [-0.2, 0) is 4.79 Å². The number of ether oxygens (including phenoxy) is 1. The van der Waals surface area contributed by atoms with Crippen LogP contribution in [0.1, 0.15) is 68.2 Å². The summed E-state index contributed by atoms with van der Waals surface area (Å²) in [5.74, 6) is 2.05. The number of anilines is 3. The standard InChI is InChI=1S/C31H37N5O2/c1-4-20(5-2)28-27(30(37)34-24-10-12-26(38-3)13-11-24)18-23-19-33-31(36-29(23)28)35-25-8-6-21(7-9-25)22-14-16-32-17-15-22/h6-13,18-20,22,28,32H,4-5,14-17H2,1-3H3,(H,34,37)(H,33,35,36). The van der Waals surface area contributed by atoms with E-state index in [0.29, 0.717) is 17.8 Å². The normalized spacial score (nSPS) is 17.2. The molecule has 1 aromatic heterocycles. The third-order valence-electron chi connectivity index (χ3n) is 7.90. The molecule has 0 saturated carbocycles. The SMILES string of the molecule is CCC(CC)C1C(C(=O)Nc2ccc(OC)cc2)=Cc2cnc(Nc3ccc(C4CCNCC4)cc3)nc21. The largest absolute Gasteiger partial charge is 0.497 e.